The maximum atomic E-state index is 13.9. The average molecular weight is 412 g/mol. The van der Waals surface area contributed by atoms with Crippen LogP contribution < -0.4 is 0 Å². The molecule has 2 aliphatic carbocycles. The molecule has 0 amide bonds. The van der Waals surface area contributed by atoms with Crippen LogP contribution in [0.2, 0.25) is 0 Å². The van der Waals surface area contributed by atoms with Gasteiger partial charge in [-0.2, -0.15) is 0 Å². The van der Waals surface area contributed by atoms with Crippen LogP contribution in [0.4, 0.5) is 4.39 Å². The van der Waals surface area contributed by atoms with Crippen LogP contribution in [-0.4, -0.2) is 21.5 Å². The van der Waals surface area contributed by atoms with Gasteiger partial charge in [-0.15, -0.1) is 0 Å². The molecule has 4 rings (SSSR count). The van der Waals surface area contributed by atoms with Gasteiger partial charge in [0.1, 0.15) is 11.6 Å². The van der Waals surface area contributed by atoms with Crippen molar-refractivity contribution in [2.75, 3.05) is 0 Å². The Kier molecular flexibility index (Phi) is 5.08. The second-order valence-corrected chi connectivity index (χ2v) is 11.5. The Labute approximate surface area is 179 Å². The smallest absolute Gasteiger partial charge is 0.141 e. The van der Waals surface area contributed by atoms with Gasteiger partial charge in [0.2, 0.25) is 0 Å². The van der Waals surface area contributed by atoms with E-state index in [0.29, 0.717) is 37.0 Å². The molecule has 2 fully saturated rings. The van der Waals surface area contributed by atoms with Crippen LogP contribution in [0.15, 0.2) is 30.5 Å². The molecule has 1 aromatic carbocycles. The summed E-state index contributed by atoms with van der Waals surface area (Å²) in [6, 6.07) is 6.82. The largest absolute Gasteiger partial charge is 0.389 e. The quantitative estimate of drug-likeness (QED) is 0.667. The molecule has 1 heterocycles. The van der Waals surface area contributed by atoms with Gasteiger partial charge in [0.15, 0.2) is 0 Å². The molecule has 0 bridgehead atoms. The maximum Gasteiger partial charge on any atom is 0.141 e. The third-order valence-electron chi connectivity index (χ3n) is 7.77. The van der Waals surface area contributed by atoms with Gasteiger partial charge in [-0.1, -0.05) is 34.6 Å². The van der Waals surface area contributed by atoms with Gasteiger partial charge in [0.05, 0.1) is 16.5 Å². The van der Waals surface area contributed by atoms with E-state index in [-0.39, 0.29) is 17.0 Å². The number of hydrogen-bond donors (Lipinski definition) is 1. The van der Waals surface area contributed by atoms with E-state index in [0.717, 1.165) is 23.7 Å². The SMILES string of the molecule is CC(C)(C)CC(=O)C(C)(C)C1(O)C[C@H]2CC(c3ccnc4ccc(F)cc34)C[C@H]2C1. The molecule has 2 aromatic rings. The fourth-order valence-electron chi connectivity index (χ4n) is 5.88. The number of aliphatic hydroxyl groups is 1. The Morgan fingerprint density at radius 2 is 1.77 bits per heavy atom. The van der Waals surface area contributed by atoms with E-state index in [2.05, 4.69) is 25.8 Å². The number of Topliss-reactive ketones (excluding diaryl/α,β-unsaturated/α-hetero) is 1. The third-order valence-corrected chi connectivity index (χ3v) is 7.77. The number of halogens is 1. The van der Waals surface area contributed by atoms with E-state index < -0.39 is 11.0 Å². The lowest BCUT2D eigenvalue weighted by molar-refractivity contribution is -0.146. The van der Waals surface area contributed by atoms with Crippen molar-refractivity contribution in [3.05, 3.63) is 41.8 Å². The number of pyridine rings is 1. The van der Waals surface area contributed by atoms with Crippen LogP contribution in [-0.2, 0) is 4.79 Å². The number of carbonyl (C=O) groups is 1. The zero-order chi connectivity index (χ0) is 21.9. The Morgan fingerprint density at radius 3 is 2.37 bits per heavy atom. The molecule has 3 nitrogen and oxygen atoms in total. The highest BCUT2D eigenvalue weighted by Crippen LogP contribution is 2.59. The standard InChI is InChI=1S/C26H34FNO2/c1-24(2,3)15-23(29)25(4,5)26(30)13-17-10-16(11-18(17)14-26)20-8-9-28-22-7-6-19(27)12-21(20)22/h6-9,12,16-18,30H,10-11,13-15H2,1-5H3/t16?,17-,18+,26?. The number of hydrogen-bond acceptors (Lipinski definition) is 3. The molecule has 4 heteroatoms. The maximum absolute atomic E-state index is 13.9. The first-order valence-electron chi connectivity index (χ1n) is 11.2. The van der Waals surface area contributed by atoms with Gasteiger partial charge in [0, 0.05) is 18.0 Å². The van der Waals surface area contributed by atoms with Crippen LogP contribution >= 0.6 is 0 Å². The van der Waals surface area contributed by atoms with Gasteiger partial charge >= 0.3 is 0 Å². The van der Waals surface area contributed by atoms with Gasteiger partial charge < -0.3 is 5.11 Å². The summed E-state index contributed by atoms with van der Waals surface area (Å²) in [4.78, 5) is 17.4. The number of fused-ring (bicyclic) bond motifs is 2. The van der Waals surface area contributed by atoms with Crippen LogP contribution in [0.1, 0.15) is 78.2 Å². The van der Waals surface area contributed by atoms with Crippen LogP contribution in [0.3, 0.4) is 0 Å². The Balaban J connectivity index is 1.53. The minimum absolute atomic E-state index is 0.0814. The zero-order valence-electron chi connectivity index (χ0n) is 18.8. The van der Waals surface area contributed by atoms with Gasteiger partial charge in [-0.3, -0.25) is 9.78 Å². The molecule has 2 saturated carbocycles. The number of nitrogens with zero attached hydrogens (tertiary/aromatic N) is 1. The van der Waals surface area contributed by atoms with Crippen molar-refractivity contribution >= 4 is 16.7 Å². The number of rotatable bonds is 4. The highest BCUT2D eigenvalue weighted by atomic mass is 19.1. The molecule has 162 valence electrons. The van der Waals surface area contributed by atoms with Gasteiger partial charge in [-0.25, -0.2) is 4.39 Å². The van der Waals surface area contributed by atoms with E-state index in [1.54, 1.807) is 12.1 Å². The lowest BCUT2D eigenvalue weighted by Gasteiger charge is -2.41. The highest BCUT2D eigenvalue weighted by molar-refractivity contribution is 5.86. The highest BCUT2D eigenvalue weighted by Gasteiger charge is 2.57. The molecular weight excluding hydrogens is 377 g/mol. The molecule has 0 radical (unpaired) electrons. The van der Waals surface area contributed by atoms with Crippen molar-refractivity contribution in [2.45, 2.75) is 78.2 Å². The summed E-state index contributed by atoms with van der Waals surface area (Å²) in [5.74, 6) is 1.08. The Morgan fingerprint density at radius 1 is 1.13 bits per heavy atom. The molecule has 1 aromatic heterocycles. The lowest BCUT2D eigenvalue weighted by Crippen LogP contribution is -2.49. The third kappa shape index (κ3) is 3.68. The van der Waals surface area contributed by atoms with E-state index in [1.807, 2.05) is 26.1 Å². The van der Waals surface area contributed by atoms with Crippen molar-refractivity contribution in [1.29, 1.82) is 0 Å². The Hall–Kier alpha value is -1.81. The number of carbonyl (C=O) groups excluding carboxylic acids is 1. The lowest BCUT2D eigenvalue weighted by atomic mass is 9.66. The summed E-state index contributed by atoms with van der Waals surface area (Å²) < 4.78 is 13.9. The van der Waals surface area contributed by atoms with E-state index >= 15 is 0 Å². The van der Waals surface area contributed by atoms with E-state index in [4.69, 9.17) is 0 Å². The summed E-state index contributed by atoms with van der Waals surface area (Å²) in [5, 5.41) is 12.5. The predicted molar refractivity (Wildman–Crippen MR) is 118 cm³/mol. The molecule has 4 atom stereocenters. The second kappa shape index (κ2) is 7.12. The Bertz CT molecular complexity index is 961. The first kappa shape index (κ1) is 21.4. The van der Waals surface area contributed by atoms with Crippen LogP contribution in [0.5, 0.6) is 0 Å². The topological polar surface area (TPSA) is 50.2 Å². The predicted octanol–water partition coefficient (Wildman–Crippen LogP) is 6.04. The number of ketones is 1. The summed E-state index contributed by atoms with van der Waals surface area (Å²) in [6.45, 7) is 10.1. The summed E-state index contributed by atoms with van der Waals surface area (Å²) >= 11 is 0. The molecule has 0 aliphatic heterocycles. The molecule has 0 spiro atoms. The summed E-state index contributed by atoms with van der Waals surface area (Å²) in [7, 11) is 0. The van der Waals surface area contributed by atoms with Crippen molar-refractivity contribution in [3.8, 4) is 0 Å². The molecule has 2 aliphatic rings. The molecular formula is C26H34FNO2. The van der Waals surface area contributed by atoms with Crippen molar-refractivity contribution < 1.29 is 14.3 Å². The first-order valence-corrected chi connectivity index (χ1v) is 11.2. The zero-order valence-corrected chi connectivity index (χ0v) is 18.8. The minimum Gasteiger partial charge on any atom is -0.389 e. The number of benzene rings is 1. The normalized spacial score (nSPS) is 29.4. The minimum atomic E-state index is -0.942. The van der Waals surface area contributed by atoms with Crippen LogP contribution in [0, 0.1) is 28.5 Å². The fraction of sp³-hybridized carbons (Fsp3) is 0.615. The second-order valence-electron chi connectivity index (χ2n) is 11.5. The van der Waals surface area contributed by atoms with Gasteiger partial charge in [-0.05, 0) is 78.7 Å². The summed E-state index contributed by atoms with van der Waals surface area (Å²) in [5.41, 5.74) is 0.230. The van der Waals surface area contributed by atoms with Crippen molar-refractivity contribution in [3.63, 3.8) is 0 Å². The van der Waals surface area contributed by atoms with Crippen LogP contribution in [0.25, 0.3) is 10.9 Å². The first-order chi connectivity index (χ1) is 13.9. The van der Waals surface area contributed by atoms with E-state index in [1.165, 1.54) is 11.6 Å². The molecule has 30 heavy (non-hydrogen) atoms. The van der Waals surface area contributed by atoms with Crippen molar-refractivity contribution in [1.82, 2.24) is 4.98 Å². The molecule has 1 N–H and O–H groups in total. The monoisotopic (exact) mass is 411 g/mol. The average Bonchev–Trinajstić information content (AvgIpc) is 3.15. The summed E-state index contributed by atoms with van der Waals surface area (Å²) in [6.07, 6.45) is 5.60. The van der Waals surface area contributed by atoms with Crippen molar-refractivity contribution in [2.24, 2.45) is 22.7 Å². The molecule has 2 unspecified atom stereocenters. The fourth-order valence-corrected chi connectivity index (χ4v) is 5.88. The van der Waals surface area contributed by atoms with Gasteiger partial charge in [0.25, 0.3) is 0 Å². The number of aromatic nitrogens is 1. The molecule has 0 saturated heterocycles. The van der Waals surface area contributed by atoms with E-state index in [9.17, 15) is 14.3 Å².